The van der Waals surface area contributed by atoms with Gasteiger partial charge in [-0.3, -0.25) is 4.79 Å². The molecule has 0 unspecified atom stereocenters. The topological polar surface area (TPSA) is 117 Å². The number of ketones is 1. The van der Waals surface area contributed by atoms with Crippen LogP contribution in [-0.2, 0) is 10.0 Å². The van der Waals surface area contributed by atoms with Gasteiger partial charge in [0.25, 0.3) is 0 Å². The summed E-state index contributed by atoms with van der Waals surface area (Å²) in [7, 11) is -3.33. The van der Waals surface area contributed by atoms with Crippen molar-refractivity contribution < 1.29 is 22.0 Å². The van der Waals surface area contributed by atoms with Crippen LogP contribution >= 0.6 is 11.3 Å². The average Bonchev–Trinajstić information content (AvgIpc) is 3.04. The first-order valence-electron chi connectivity index (χ1n) is 13.0. The minimum Gasteiger partial charge on any atom is -0.382 e. The largest absolute Gasteiger partial charge is 0.382 e. The fourth-order valence-corrected chi connectivity index (χ4v) is 7.45. The Bertz CT molecular complexity index is 1150. The van der Waals surface area contributed by atoms with E-state index in [-0.39, 0.29) is 22.5 Å². The van der Waals surface area contributed by atoms with E-state index in [4.69, 9.17) is 5.73 Å². The number of nitrogens with one attached hydrogen (secondary N) is 2. The van der Waals surface area contributed by atoms with E-state index >= 15 is 0 Å². The molecule has 4 N–H and O–H groups in total. The van der Waals surface area contributed by atoms with Gasteiger partial charge in [0.15, 0.2) is 5.13 Å². The quantitative estimate of drug-likeness (QED) is 0.229. The van der Waals surface area contributed by atoms with Gasteiger partial charge in [-0.1, -0.05) is 43.1 Å². The van der Waals surface area contributed by atoms with Gasteiger partial charge in [-0.25, -0.2) is 26.5 Å². The van der Waals surface area contributed by atoms with Gasteiger partial charge in [0.1, 0.15) is 22.3 Å². The molecule has 0 spiro atoms. The molecule has 1 saturated heterocycles. The number of carbonyl (C=O) groups is 1. The Morgan fingerprint density at radius 2 is 1.70 bits per heavy atom. The smallest absolute Gasteiger partial charge is 0.214 e. The molecule has 0 amide bonds. The summed E-state index contributed by atoms with van der Waals surface area (Å²) in [5.74, 6) is -2.74. The van der Waals surface area contributed by atoms with E-state index in [1.165, 1.54) is 44.6 Å². The number of rotatable bonds is 10. The van der Waals surface area contributed by atoms with Crippen LogP contribution in [0.3, 0.4) is 0 Å². The van der Waals surface area contributed by atoms with Gasteiger partial charge >= 0.3 is 0 Å². The summed E-state index contributed by atoms with van der Waals surface area (Å²) in [4.78, 5) is 16.8. The van der Waals surface area contributed by atoms with Crippen molar-refractivity contribution in [3.8, 4) is 0 Å². The molecule has 12 heteroatoms. The van der Waals surface area contributed by atoms with E-state index in [9.17, 15) is 22.0 Å². The van der Waals surface area contributed by atoms with E-state index in [0.717, 1.165) is 23.5 Å². The van der Waals surface area contributed by atoms with E-state index < -0.39 is 33.0 Å². The molecule has 4 rings (SSSR count). The first-order chi connectivity index (χ1) is 17.7. The summed E-state index contributed by atoms with van der Waals surface area (Å²) in [5.41, 5.74) is 5.22. The van der Waals surface area contributed by atoms with Crippen molar-refractivity contribution in [1.82, 2.24) is 14.6 Å². The van der Waals surface area contributed by atoms with Gasteiger partial charge in [-0.2, -0.15) is 0 Å². The van der Waals surface area contributed by atoms with Gasteiger partial charge < -0.3 is 16.4 Å². The number of hydrogen-bond acceptors (Lipinski definition) is 8. The Morgan fingerprint density at radius 1 is 1.05 bits per heavy atom. The molecule has 0 bridgehead atoms. The summed E-state index contributed by atoms with van der Waals surface area (Å²) in [6.07, 6.45) is 9.16. The highest BCUT2D eigenvalue weighted by Crippen LogP contribution is 2.30. The predicted molar refractivity (Wildman–Crippen MR) is 142 cm³/mol. The molecule has 8 nitrogen and oxygen atoms in total. The molecule has 204 valence electrons. The second-order valence-electron chi connectivity index (χ2n) is 9.79. The minimum absolute atomic E-state index is 0.0380. The first kappa shape index (κ1) is 27.9. The molecule has 0 atom stereocenters. The summed E-state index contributed by atoms with van der Waals surface area (Å²) in [6, 6.07) is 3.67. The standard InChI is InChI=1S/C25H35F2N5O3S2/c26-19-9-5-10-20(27)21(19)22(33)23-24(28)31-25(36-23)30-18-11-14-32(15-12-18)37(34,35)16-6-13-29-17-7-3-1-2-4-8-17/h5,9-10,17-18,29H,1-4,6-8,11-16,28H2,(H,30,31). The highest BCUT2D eigenvalue weighted by atomic mass is 32.2. The number of thiazole rings is 1. The molecule has 1 aliphatic carbocycles. The number of hydrogen-bond donors (Lipinski definition) is 3. The summed E-state index contributed by atoms with van der Waals surface area (Å²) < 4.78 is 55.3. The Kier molecular flexibility index (Phi) is 9.49. The molecule has 37 heavy (non-hydrogen) atoms. The lowest BCUT2D eigenvalue weighted by atomic mass is 10.1. The Labute approximate surface area is 221 Å². The second kappa shape index (κ2) is 12.6. The summed E-state index contributed by atoms with van der Waals surface area (Å²) in [5, 5.41) is 7.09. The molecule has 1 aromatic heterocycles. The molecule has 2 aromatic rings. The number of benzene rings is 1. The number of aromatic nitrogens is 1. The van der Waals surface area contributed by atoms with Gasteiger partial charge in [0, 0.05) is 25.2 Å². The average molecular weight is 556 g/mol. The third-order valence-electron chi connectivity index (χ3n) is 7.09. The molecule has 0 radical (unpaired) electrons. The number of nitrogens with zero attached hydrogens (tertiary/aromatic N) is 2. The number of halogens is 2. The molecule has 1 saturated carbocycles. The lowest BCUT2D eigenvalue weighted by Gasteiger charge is -2.31. The monoisotopic (exact) mass is 555 g/mol. The molecule has 1 aromatic carbocycles. The maximum atomic E-state index is 14.0. The number of piperidine rings is 1. The third-order valence-corrected chi connectivity index (χ3v) is 10.0. The number of anilines is 2. The van der Waals surface area contributed by atoms with E-state index in [0.29, 0.717) is 50.1 Å². The molecular formula is C25H35F2N5O3S2. The number of nitrogens with two attached hydrogens (primary N) is 1. The molecule has 1 aliphatic heterocycles. The maximum absolute atomic E-state index is 14.0. The molecule has 2 heterocycles. The van der Waals surface area contributed by atoms with Gasteiger partial charge in [-0.05, 0) is 50.8 Å². The zero-order valence-corrected chi connectivity index (χ0v) is 22.5. The van der Waals surface area contributed by atoms with Crippen LogP contribution in [0.1, 0.15) is 73.0 Å². The minimum atomic E-state index is -3.33. The highest BCUT2D eigenvalue weighted by molar-refractivity contribution is 7.89. The normalized spacial score (nSPS) is 18.5. The SMILES string of the molecule is Nc1nc(NC2CCN(S(=O)(=O)CCCNC3CCCCCC3)CC2)sc1C(=O)c1c(F)cccc1F. The lowest BCUT2D eigenvalue weighted by molar-refractivity contribution is 0.103. The van der Waals surface area contributed by atoms with Crippen molar-refractivity contribution in [2.45, 2.75) is 69.9 Å². The summed E-state index contributed by atoms with van der Waals surface area (Å²) >= 11 is 0.937. The molecular weight excluding hydrogens is 520 g/mol. The van der Waals surface area contributed by atoms with Gasteiger partial charge in [0.2, 0.25) is 15.8 Å². The number of carbonyl (C=O) groups excluding carboxylic acids is 1. The number of sulfonamides is 1. The first-order valence-corrected chi connectivity index (χ1v) is 15.4. The van der Waals surface area contributed by atoms with Crippen molar-refractivity contribution in [3.05, 3.63) is 40.3 Å². The zero-order chi connectivity index (χ0) is 26.4. The van der Waals surface area contributed by atoms with Crippen LogP contribution in [0.2, 0.25) is 0 Å². The van der Waals surface area contributed by atoms with Crippen molar-refractivity contribution in [1.29, 1.82) is 0 Å². The van der Waals surface area contributed by atoms with E-state index in [1.54, 1.807) is 4.31 Å². The van der Waals surface area contributed by atoms with Crippen LogP contribution in [0, 0.1) is 11.6 Å². The van der Waals surface area contributed by atoms with Crippen LogP contribution < -0.4 is 16.4 Å². The fourth-order valence-electron chi connectivity index (χ4n) is 5.01. The van der Waals surface area contributed by atoms with Crippen LogP contribution in [0.15, 0.2) is 18.2 Å². The van der Waals surface area contributed by atoms with E-state index in [2.05, 4.69) is 15.6 Å². The summed E-state index contributed by atoms with van der Waals surface area (Å²) in [6.45, 7) is 1.50. The van der Waals surface area contributed by atoms with Crippen molar-refractivity contribution >= 4 is 38.1 Å². The Balaban J connectivity index is 1.25. The van der Waals surface area contributed by atoms with Crippen LogP contribution in [0.4, 0.5) is 19.7 Å². The Morgan fingerprint density at radius 3 is 2.35 bits per heavy atom. The fraction of sp³-hybridized carbons (Fsp3) is 0.600. The van der Waals surface area contributed by atoms with Crippen LogP contribution in [0.5, 0.6) is 0 Å². The third kappa shape index (κ3) is 7.24. The van der Waals surface area contributed by atoms with Crippen molar-refractivity contribution in [3.63, 3.8) is 0 Å². The van der Waals surface area contributed by atoms with Gasteiger partial charge in [0.05, 0.1) is 11.3 Å². The number of nitrogen functional groups attached to an aromatic ring is 1. The lowest BCUT2D eigenvalue weighted by Crippen LogP contribution is -2.43. The molecule has 2 aliphatic rings. The van der Waals surface area contributed by atoms with Crippen LogP contribution in [0.25, 0.3) is 0 Å². The van der Waals surface area contributed by atoms with Gasteiger partial charge in [-0.15, -0.1) is 0 Å². The predicted octanol–water partition coefficient (Wildman–Crippen LogP) is 4.14. The second-order valence-corrected chi connectivity index (χ2v) is 12.9. The molecule has 2 fully saturated rings. The maximum Gasteiger partial charge on any atom is 0.214 e. The zero-order valence-electron chi connectivity index (χ0n) is 20.8. The highest BCUT2D eigenvalue weighted by Gasteiger charge is 2.29. The Hall–Kier alpha value is -2.15. The van der Waals surface area contributed by atoms with Crippen LogP contribution in [-0.4, -0.2) is 61.0 Å². The van der Waals surface area contributed by atoms with E-state index in [1.807, 2.05) is 0 Å². The van der Waals surface area contributed by atoms with Crippen molar-refractivity contribution in [2.24, 2.45) is 0 Å². The van der Waals surface area contributed by atoms with Crippen molar-refractivity contribution in [2.75, 3.05) is 36.4 Å².